The summed E-state index contributed by atoms with van der Waals surface area (Å²) in [5, 5.41) is 0. The minimum atomic E-state index is -0.0594. The zero-order chi connectivity index (χ0) is 19.6. The van der Waals surface area contributed by atoms with E-state index in [0.717, 1.165) is 30.6 Å². The van der Waals surface area contributed by atoms with Gasteiger partial charge in [-0.2, -0.15) is 0 Å². The number of carbonyl (C=O) groups is 1. The number of hydrogen-bond acceptors (Lipinski definition) is 4. The Morgan fingerprint density at radius 1 is 1.07 bits per heavy atom. The average Bonchev–Trinajstić information content (AvgIpc) is 2.75. The molecule has 3 rings (SSSR count). The minimum Gasteiger partial charge on any atom is -0.372 e. The van der Waals surface area contributed by atoms with Crippen molar-refractivity contribution >= 4 is 5.78 Å². The van der Waals surface area contributed by atoms with Gasteiger partial charge in [0.1, 0.15) is 0 Å². The van der Waals surface area contributed by atoms with Gasteiger partial charge in [0.25, 0.3) is 0 Å². The molecule has 0 aliphatic carbocycles. The molecule has 4 nitrogen and oxygen atoms in total. The monoisotopic (exact) mass is 380 g/mol. The van der Waals surface area contributed by atoms with E-state index in [4.69, 9.17) is 14.2 Å². The fourth-order valence-corrected chi connectivity index (χ4v) is 3.04. The van der Waals surface area contributed by atoms with E-state index in [9.17, 15) is 4.79 Å². The predicted molar refractivity (Wildman–Crippen MR) is 109 cm³/mol. The fourth-order valence-electron chi connectivity index (χ4n) is 3.04. The third kappa shape index (κ3) is 6.41. The van der Waals surface area contributed by atoms with Crippen LogP contribution in [-0.2, 0) is 20.8 Å². The quantitative estimate of drug-likeness (QED) is 0.457. The maximum Gasteiger partial charge on any atom is 0.193 e. The van der Waals surface area contributed by atoms with E-state index < -0.39 is 0 Å². The Kier molecular flexibility index (Phi) is 7.97. The van der Waals surface area contributed by atoms with Crippen molar-refractivity contribution in [2.24, 2.45) is 0 Å². The molecule has 0 saturated carbocycles. The number of rotatable bonds is 9. The molecule has 0 bridgehead atoms. The summed E-state index contributed by atoms with van der Waals surface area (Å²) in [6.45, 7) is 4.45. The lowest BCUT2D eigenvalue weighted by Gasteiger charge is -2.22. The van der Waals surface area contributed by atoms with Crippen LogP contribution in [0, 0.1) is 0 Å². The molecule has 2 aromatic carbocycles. The van der Waals surface area contributed by atoms with Crippen LogP contribution in [0.2, 0.25) is 0 Å². The van der Waals surface area contributed by atoms with Crippen molar-refractivity contribution in [3.05, 3.63) is 82.9 Å². The summed E-state index contributed by atoms with van der Waals surface area (Å²) < 4.78 is 17.0. The lowest BCUT2D eigenvalue weighted by molar-refractivity contribution is -0.155. The van der Waals surface area contributed by atoms with E-state index in [1.165, 1.54) is 6.42 Å². The summed E-state index contributed by atoms with van der Waals surface area (Å²) in [4.78, 5) is 12.4. The number of ketones is 1. The summed E-state index contributed by atoms with van der Waals surface area (Å²) in [6.07, 6.45) is 5.26. The van der Waals surface area contributed by atoms with Crippen molar-refractivity contribution in [2.75, 3.05) is 19.8 Å². The van der Waals surface area contributed by atoms with Crippen LogP contribution in [0.5, 0.6) is 0 Å². The van der Waals surface area contributed by atoms with Gasteiger partial charge in [-0.05, 0) is 37.3 Å². The minimum absolute atomic E-state index is 0.0359. The number of hydrogen-bond donors (Lipinski definition) is 0. The van der Waals surface area contributed by atoms with Crippen molar-refractivity contribution in [1.82, 2.24) is 0 Å². The molecule has 148 valence electrons. The second kappa shape index (κ2) is 10.9. The average molecular weight is 380 g/mol. The molecule has 1 heterocycles. The molecule has 2 aromatic rings. The van der Waals surface area contributed by atoms with Gasteiger partial charge < -0.3 is 14.2 Å². The van der Waals surface area contributed by atoms with Crippen molar-refractivity contribution in [1.29, 1.82) is 0 Å². The van der Waals surface area contributed by atoms with E-state index in [0.29, 0.717) is 30.9 Å². The molecule has 0 spiro atoms. The van der Waals surface area contributed by atoms with Crippen molar-refractivity contribution in [3.8, 4) is 0 Å². The van der Waals surface area contributed by atoms with E-state index in [1.807, 2.05) is 67.6 Å². The van der Waals surface area contributed by atoms with Crippen LogP contribution in [0.15, 0.2) is 66.2 Å². The summed E-state index contributed by atoms with van der Waals surface area (Å²) in [5.74, 6) is 0.0359. The van der Waals surface area contributed by atoms with Crippen LogP contribution in [0.1, 0.15) is 47.7 Å². The first-order valence-corrected chi connectivity index (χ1v) is 9.87. The van der Waals surface area contributed by atoms with E-state index in [2.05, 4.69) is 0 Å². The summed E-state index contributed by atoms with van der Waals surface area (Å²) >= 11 is 0. The Hall–Kier alpha value is -2.27. The Morgan fingerprint density at radius 3 is 2.54 bits per heavy atom. The van der Waals surface area contributed by atoms with Crippen LogP contribution in [-0.4, -0.2) is 31.9 Å². The molecule has 4 heteroatoms. The Balaban J connectivity index is 1.39. The number of ether oxygens (including phenoxy) is 3. The summed E-state index contributed by atoms with van der Waals surface area (Å²) in [7, 11) is 0. The molecule has 1 atom stereocenters. The van der Waals surface area contributed by atoms with Crippen LogP contribution >= 0.6 is 0 Å². The molecule has 1 saturated heterocycles. The van der Waals surface area contributed by atoms with Gasteiger partial charge in [-0.3, -0.25) is 4.79 Å². The summed E-state index contributed by atoms with van der Waals surface area (Å²) in [5.41, 5.74) is 3.57. The molecule has 0 aromatic heterocycles. The van der Waals surface area contributed by atoms with Gasteiger partial charge in [-0.25, -0.2) is 0 Å². The zero-order valence-corrected chi connectivity index (χ0v) is 16.4. The highest BCUT2D eigenvalue weighted by molar-refractivity contribution is 6.08. The predicted octanol–water partition coefficient (Wildman–Crippen LogP) is 4.92. The van der Waals surface area contributed by atoms with Gasteiger partial charge >= 0.3 is 0 Å². The molecular weight excluding hydrogens is 352 g/mol. The van der Waals surface area contributed by atoms with Gasteiger partial charge in [0.2, 0.25) is 0 Å². The Labute approximate surface area is 167 Å². The Morgan fingerprint density at radius 2 is 1.82 bits per heavy atom. The van der Waals surface area contributed by atoms with Crippen molar-refractivity contribution in [3.63, 3.8) is 0 Å². The lowest BCUT2D eigenvalue weighted by atomic mass is 10.0. The molecule has 0 radical (unpaired) electrons. The van der Waals surface area contributed by atoms with E-state index in [-0.39, 0.29) is 12.1 Å². The zero-order valence-electron chi connectivity index (χ0n) is 16.4. The largest absolute Gasteiger partial charge is 0.372 e. The standard InChI is InChI=1S/C24H28O4/c1-19(14-16-28-23-9-5-6-15-27-23)17-26-18-20-10-12-22(13-11-20)24(25)21-7-3-2-4-8-21/h2-4,7-8,10-14,23H,5-6,9,15-18H2,1H3/b19-14+. The van der Waals surface area contributed by atoms with Crippen LogP contribution < -0.4 is 0 Å². The molecule has 1 aliphatic heterocycles. The number of benzene rings is 2. The smallest absolute Gasteiger partial charge is 0.193 e. The first kappa shape index (κ1) is 20.5. The van der Waals surface area contributed by atoms with Crippen molar-refractivity contribution < 1.29 is 19.0 Å². The van der Waals surface area contributed by atoms with Gasteiger partial charge in [0.05, 0.1) is 19.8 Å². The van der Waals surface area contributed by atoms with Crippen LogP contribution in [0.4, 0.5) is 0 Å². The van der Waals surface area contributed by atoms with Gasteiger partial charge in [-0.15, -0.1) is 0 Å². The molecule has 0 amide bonds. The molecule has 0 N–H and O–H groups in total. The van der Waals surface area contributed by atoms with Gasteiger partial charge in [0, 0.05) is 17.7 Å². The van der Waals surface area contributed by atoms with E-state index in [1.54, 1.807) is 0 Å². The van der Waals surface area contributed by atoms with Crippen molar-refractivity contribution in [2.45, 2.75) is 39.1 Å². The SMILES string of the molecule is C/C(=C\COC1CCCCO1)COCc1ccc(C(=O)c2ccccc2)cc1. The fraction of sp³-hybridized carbons (Fsp3) is 0.375. The molecule has 1 aliphatic rings. The van der Waals surface area contributed by atoms with E-state index >= 15 is 0 Å². The van der Waals surface area contributed by atoms with Crippen LogP contribution in [0.25, 0.3) is 0 Å². The highest BCUT2D eigenvalue weighted by atomic mass is 16.7. The van der Waals surface area contributed by atoms with Gasteiger partial charge in [0.15, 0.2) is 12.1 Å². The first-order chi connectivity index (χ1) is 13.7. The second-order valence-corrected chi connectivity index (χ2v) is 7.06. The molecule has 1 unspecified atom stereocenters. The maximum atomic E-state index is 12.4. The topological polar surface area (TPSA) is 44.8 Å². The lowest BCUT2D eigenvalue weighted by Crippen LogP contribution is -2.22. The normalized spacial score (nSPS) is 17.5. The maximum absolute atomic E-state index is 12.4. The number of carbonyl (C=O) groups excluding carboxylic acids is 1. The highest BCUT2D eigenvalue weighted by Gasteiger charge is 2.13. The second-order valence-electron chi connectivity index (χ2n) is 7.06. The molecule has 1 fully saturated rings. The molecular formula is C24H28O4. The van der Waals surface area contributed by atoms with Gasteiger partial charge in [-0.1, -0.05) is 60.7 Å². The highest BCUT2D eigenvalue weighted by Crippen LogP contribution is 2.14. The first-order valence-electron chi connectivity index (χ1n) is 9.87. The molecule has 28 heavy (non-hydrogen) atoms. The Bertz CT molecular complexity index is 759. The summed E-state index contributed by atoms with van der Waals surface area (Å²) in [6, 6.07) is 16.9. The van der Waals surface area contributed by atoms with Crippen LogP contribution in [0.3, 0.4) is 0 Å². The third-order valence-corrected chi connectivity index (χ3v) is 4.70. The third-order valence-electron chi connectivity index (χ3n) is 4.70.